The molecule has 1 fully saturated rings. The Morgan fingerprint density at radius 3 is 2.96 bits per heavy atom. The predicted molar refractivity (Wildman–Crippen MR) is 96.1 cm³/mol. The van der Waals surface area contributed by atoms with Crippen molar-refractivity contribution in [2.24, 2.45) is 0 Å². The molecule has 0 saturated carbocycles. The van der Waals surface area contributed by atoms with E-state index < -0.39 is 0 Å². The van der Waals surface area contributed by atoms with Gasteiger partial charge in [-0.05, 0) is 24.1 Å². The van der Waals surface area contributed by atoms with E-state index in [4.69, 9.17) is 16.3 Å². The number of thiazole rings is 1. The number of quaternary nitrogens is 1. The number of anilines is 1. The fraction of sp³-hybridized carbons (Fsp3) is 0.412. The molecule has 0 aliphatic carbocycles. The van der Waals surface area contributed by atoms with Gasteiger partial charge in [0.15, 0.2) is 11.7 Å². The maximum absolute atomic E-state index is 12.1. The normalized spacial score (nSPS) is 15.4. The van der Waals surface area contributed by atoms with E-state index in [1.54, 1.807) is 0 Å². The maximum atomic E-state index is 12.1. The molecule has 2 aromatic rings. The molecule has 7 heteroatoms. The van der Waals surface area contributed by atoms with E-state index in [1.165, 1.54) is 16.2 Å². The first-order valence-electron chi connectivity index (χ1n) is 8.01. The van der Waals surface area contributed by atoms with Gasteiger partial charge in [0.2, 0.25) is 0 Å². The van der Waals surface area contributed by atoms with Crippen molar-refractivity contribution in [3.05, 3.63) is 45.4 Å². The number of carbonyl (C=O) groups is 1. The van der Waals surface area contributed by atoms with Gasteiger partial charge >= 0.3 is 0 Å². The van der Waals surface area contributed by atoms with Crippen LogP contribution in [0.5, 0.6) is 0 Å². The van der Waals surface area contributed by atoms with Crippen LogP contribution in [0.2, 0.25) is 5.02 Å². The van der Waals surface area contributed by atoms with Crippen molar-refractivity contribution in [3.63, 3.8) is 0 Å². The zero-order valence-corrected chi connectivity index (χ0v) is 15.2. The van der Waals surface area contributed by atoms with Crippen LogP contribution in [0.3, 0.4) is 0 Å². The minimum absolute atomic E-state index is 0.00572. The van der Waals surface area contributed by atoms with Crippen molar-refractivity contribution in [1.29, 1.82) is 0 Å². The molecule has 1 aliphatic heterocycles. The van der Waals surface area contributed by atoms with Crippen molar-refractivity contribution in [3.8, 4) is 0 Å². The van der Waals surface area contributed by atoms with E-state index in [9.17, 15) is 4.79 Å². The fourth-order valence-electron chi connectivity index (χ4n) is 2.62. The molecule has 24 heavy (non-hydrogen) atoms. The lowest BCUT2D eigenvalue weighted by Gasteiger charge is -2.22. The van der Waals surface area contributed by atoms with E-state index >= 15 is 0 Å². The van der Waals surface area contributed by atoms with E-state index in [1.807, 2.05) is 25.3 Å². The summed E-state index contributed by atoms with van der Waals surface area (Å²) < 4.78 is 5.30. The Bertz CT molecular complexity index is 714. The molecule has 1 aromatic carbocycles. The van der Waals surface area contributed by atoms with Gasteiger partial charge in [-0.25, -0.2) is 4.98 Å². The lowest BCUT2D eigenvalue weighted by atomic mass is 10.1. The molecule has 3 rings (SSSR count). The summed E-state index contributed by atoms with van der Waals surface area (Å²) in [5.41, 5.74) is 2.22. The highest BCUT2D eigenvalue weighted by atomic mass is 35.5. The van der Waals surface area contributed by atoms with Crippen LogP contribution in [0.4, 0.5) is 5.13 Å². The van der Waals surface area contributed by atoms with Crippen molar-refractivity contribution < 1.29 is 14.4 Å². The highest BCUT2D eigenvalue weighted by molar-refractivity contribution is 7.15. The number of morpholine rings is 1. The number of halogens is 1. The number of ether oxygens (including phenoxy) is 1. The summed E-state index contributed by atoms with van der Waals surface area (Å²) in [5, 5.41) is 4.33. The van der Waals surface area contributed by atoms with Gasteiger partial charge < -0.3 is 9.64 Å². The second kappa shape index (κ2) is 8.07. The Morgan fingerprint density at radius 1 is 1.42 bits per heavy atom. The average molecular weight is 367 g/mol. The molecule has 0 spiro atoms. The molecule has 1 aromatic heterocycles. The molecule has 5 nitrogen and oxygen atoms in total. The molecule has 128 valence electrons. The van der Waals surface area contributed by atoms with Gasteiger partial charge in [-0.15, -0.1) is 11.3 Å². The monoisotopic (exact) mass is 366 g/mol. The van der Waals surface area contributed by atoms with Crippen molar-refractivity contribution in [1.82, 2.24) is 4.98 Å². The van der Waals surface area contributed by atoms with E-state index in [0.29, 0.717) is 11.7 Å². The smallest absolute Gasteiger partial charge is 0.281 e. The van der Waals surface area contributed by atoms with Crippen LogP contribution >= 0.6 is 22.9 Å². The van der Waals surface area contributed by atoms with Crippen LogP contribution in [0.15, 0.2) is 24.4 Å². The molecule has 0 bridgehead atoms. The molecule has 1 aliphatic rings. The third-order valence-corrected chi connectivity index (χ3v) is 5.34. The van der Waals surface area contributed by atoms with Gasteiger partial charge in [0.05, 0.1) is 13.2 Å². The number of hydrogen-bond donors (Lipinski definition) is 2. The van der Waals surface area contributed by atoms with E-state index in [-0.39, 0.29) is 5.91 Å². The Morgan fingerprint density at radius 2 is 2.21 bits per heavy atom. The first-order chi connectivity index (χ1) is 11.6. The highest BCUT2D eigenvalue weighted by Crippen LogP contribution is 2.23. The van der Waals surface area contributed by atoms with Crippen LogP contribution in [0.25, 0.3) is 0 Å². The van der Waals surface area contributed by atoms with Gasteiger partial charge in [0.25, 0.3) is 5.91 Å². The third kappa shape index (κ3) is 4.77. The van der Waals surface area contributed by atoms with Crippen molar-refractivity contribution in [2.45, 2.75) is 13.3 Å². The van der Waals surface area contributed by atoms with Gasteiger partial charge in [-0.2, -0.15) is 0 Å². The number of nitrogens with one attached hydrogen (secondary N) is 2. The molecular weight excluding hydrogens is 346 g/mol. The topological polar surface area (TPSA) is 55.7 Å². The Kier molecular flexibility index (Phi) is 5.84. The summed E-state index contributed by atoms with van der Waals surface area (Å²) in [6, 6.07) is 6.07. The van der Waals surface area contributed by atoms with Crippen molar-refractivity contribution >= 4 is 34.0 Å². The molecule has 1 amide bonds. The summed E-state index contributed by atoms with van der Waals surface area (Å²) in [5.74, 6) is 0.00572. The van der Waals surface area contributed by atoms with Crippen molar-refractivity contribution in [2.75, 3.05) is 38.2 Å². The molecule has 1 saturated heterocycles. The van der Waals surface area contributed by atoms with Gasteiger partial charge in [-0.3, -0.25) is 10.1 Å². The summed E-state index contributed by atoms with van der Waals surface area (Å²) in [6.07, 6.45) is 2.58. The number of hydrogen-bond acceptors (Lipinski definition) is 4. The quantitative estimate of drug-likeness (QED) is 0.844. The van der Waals surface area contributed by atoms with Crippen LogP contribution in [-0.2, 0) is 16.0 Å². The van der Waals surface area contributed by atoms with E-state index in [0.717, 1.165) is 53.8 Å². The minimum Gasteiger partial charge on any atom is -0.370 e. The number of benzene rings is 1. The first-order valence-corrected chi connectivity index (χ1v) is 9.20. The number of carbonyl (C=O) groups excluding carboxylic acids is 1. The van der Waals surface area contributed by atoms with Gasteiger partial charge in [0.1, 0.15) is 13.1 Å². The molecule has 0 atom stereocenters. The lowest BCUT2D eigenvalue weighted by molar-refractivity contribution is -0.899. The number of nitrogens with zero attached hydrogens (tertiary/aromatic N) is 1. The molecule has 2 heterocycles. The molecule has 2 N–H and O–H groups in total. The summed E-state index contributed by atoms with van der Waals surface area (Å²) in [6.45, 7) is 5.66. The van der Waals surface area contributed by atoms with E-state index in [2.05, 4.69) is 16.4 Å². The standard InChI is InChI=1S/C17H20ClN3O2S/c1-12-2-3-13(9-15(12)18)8-14-10-19-17(24-14)20-16(22)11-21-4-6-23-7-5-21/h2-3,9-10H,4-8,11H2,1H3,(H,19,20,22)/p+1. The fourth-order valence-corrected chi connectivity index (χ4v) is 3.69. The zero-order chi connectivity index (χ0) is 16.9. The number of aryl methyl sites for hydroxylation is 1. The van der Waals surface area contributed by atoms with Gasteiger partial charge in [-0.1, -0.05) is 23.7 Å². The average Bonchev–Trinajstić information content (AvgIpc) is 2.98. The Balaban J connectivity index is 1.54. The number of amides is 1. The predicted octanol–water partition coefficient (Wildman–Crippen LogP) is 1.55. The lowest BCUT2D eigenvalue weighted by Crippen LogP contribution is -3.15. The van der Waals surface area contributed by atoms with Crippen LogP contribution < -0.4 is 10.2 Å². The maximum Gasteiger partial charge on any atom is 0.281 e. The second-order valence-electron chi connectivity index (χ2n) is 5.98. The third-order valence-electron chi connectivity index (χ3n) is 4.02. The molecular formula is C17H21ClN3O2S+. The molecule has 0 unspecified atom stereocenters. The summed E-state index contributed by atoms with van der Waals surface area (Å²) in [7, 11) is 0. The van der Waals surface area contributed by atoms with Crippen LogP contribution in [0.1, 0.15) is 16.0 Å². The zero-order valence-electron chi connectivity index (χ0n) is 13.6. The highest BCUT2D eigenvalue weighted by Gasteiger charge is 2.18. The SMILES string of the molecule is Cc1ccc(Cc2cnc(NC(=O)C[NH+]3CCOCC3)s2)cc1Cl. The minimum atomic E-state index is 0.00572. The summed E-state index contributed by atoms with van der Waals surface area (Å²) in [4.78, 5) is 18.8. The molecule has 0 radical (unpaired) electrons. The van der Waals surface area contributed by atoms with Crippen LogP contribution in [0, 0.1) is 6.92 Å². The van der Waals surface area contributed by atoms with Gasteiger partial charge in [0, 0.05) is 22.5 Å². The number of rotatable bonds is 5. The van der Waals surface area contributed by atoms with Crippen LogP contribution in [-0.4, -0.2) is 43.7 Å². The first kappa shape index (κ1) is 17.4. The summed E-state index contributed by atoms with van der Waals surface area (Å²) >= 11 is 7.67. The largest absolute Gasteiger partial charge is 0.370 e. The Labute approximate surface area is 150 Å². The second-order valence-corrected chi connectivity index (χ2v) is 7.50. The Hall–Kier alpha value is -1.47. The number of aromatic nitrogens is 1.